The fraction of sp³-hybridized carbons (Fsp3) is 0.222. The highest BCUT2D eigenvalue weighted by Crippen LogP contribution is 2.05. The molecule has 0 radical (unpaired) electrons. The van der Waals surface area contributed by atoms with Crippen molar-refractivity contribution in [2.45, 2.75) is 13.0 Å². The summed E-state index contributed by atoms with van der Waals surface area (Å²) in [5.41, 5.74) is 5.58. The van der Waals surface area contributed by atoms with Crippen LogP contribution in [0.25, 0.3) is 0 Å². The van der Waals surface area contributed by atoms with E-state index < -0.39 is 0 Å². The summed E-state index contributed by atoms with van der Waals surface area (Å²) in [5.74, 6) is 0.494. The molecule has 0 aromatic carbocycles. The van der Waals surface area contributed by atoms with Crippen molar-refractivity contribution in [2.24, 2.45) is 0 Å². The van der Waals surface area contributed by atoms with Gasteiger partial charge in [-0.2, -0.15) is 5.10 Å². The van der Waals surface area contributed by atoms with Crippen LogP contribution in [-0.2, 0) is 0 Å². The van der Waals surface area contributed by atoms with E-state index in [1.807, 2.05) is 0 Å². The number of carbonyl (C=O) groups is 1. The summed E-state index contributed by atoms with van der Waals surface area (Å²) in [4.78, 5) is 15.7. The summed E-state index contributed by atoms with van der Waals surface area (Å²) in [7, 11) is 0. The van der Waals surface area contributed by atoms with Crippen molar-refractivity contribution in [3.05, 3.63) is 30.0 Å². The van der Waals surface area contributed by atoms with Crippen LogP contribution in [0.5, 0.6) is 0 Å². The lowest BCUT2D eigenvalue weighted by Gasteiger charge is -2.09. The molecule has 0 saturated heterocycles. The summed E-state index contributed by atoms with van der Waals surface area (Å²) in [5, 5.41) is 16.4. The van der Waals surface area contributed by atoms with Gasteiger partial charge in [-0.3, -0.25) is 9.89 Å². The maximum Gasteiger partial charge on any atom is 0.272 e. The van der Waals surface area contributed by atoms with E-state index in [0.29, 0.717) is 5.82 Å². The standard InChI is InChI=1S/C9H11N7O/c1-5(8-11-4-12-16-8)13-9(17)6-2-3-7(10)15-14-6/h2-5H,1H3,(H2,10,15)(H,13,17)(H,11,12,16). The van der Waals surface area contributed by atoms with Crippen molar-refractivity contribution in [3.8, 4) is 0 Å². The SMILES string of the molecule is CC(NC(=O)c1ccc(N)nn1)c1ncn[nH]1. The molecule has 8 heteroatoms. The number of H-pyrrole nitrogens is 1. The Kier molecular flexibility index (Phi) is 2.95. The highest BCUT2D eigenvalue weighted by atomic mass is 16.2. The van der Waals surface area contributed by atoms with Crippen LogP contribution in [0, 0.1) is 0 Å². The Balaban J connectivity index is 2.04. The molecule has 8 nitrogen and oxygen atoms in total. The van der Waals surface area contributed by atoms with Gasteiger partial charge in [-0.1, -0.05) is 0 Å². The quantitative estimate of drug-likeness (QED) is 0.667. The van der Waals surface area contributed by atoms with Crippen LogP contribution in [0.3, 0.4) is 0 Å². The van der Waals surface area contributed by atoms with E-state index in [9.17, 15) is 4.79 Å². The second-order valence-corrected chi connectivity index (χ2v) is 3.41. The van der Waals surface area contributed by atoms with Crippen molar-refractivity contribution in [1.82, 2.24) is 30.7 Å². The number of nitrogens with zero attached hydrogens (tertiary/aromatic N) is 4. The number of carbonyl (C=O) groups excluding carboxylic acids is 1. The lowest BCUT2D eigenvalue weighted by atomic mass is 10.3. The van der Waals surface area contributed by atoms with Crippen molar-refractivity contribution in [2.75, 3.05) is 5.73 Å². The van der Waals surface area contributed by atoms with E-state index in [0.717, 1.165) is 0 Å². The fourth-order valence-corrected chi connectivity index (χ4v) is 1.23. The van der Waals surface area contributed by atoms with Crippen molar-refractivity contribution >= 4 is 11.7 Å². The number of nitrogen functional groups attached to an aromatic ring is 1. The van der Waals surface area contributed by atoms with Crippen LogP contribution in [0.15, 0.2) is 18.5 Å². The molecule has 4 N–H and O–H groups in total. The minimum Gasteiger partial charge on any atom is -0.382 e. The number of amides is 1. The molecule has 1 unspecified atom stereocenters. The Morgan fingerprint density at radius 2 is 2.29 bits per heavy atom. The molecule has 17 heavy (non-hydrogen) atoms. The van der Waals surface area contributed by atoms with Gasteiger partial charge in [0.25, 0.3) is 5.91 Å². The maximum atomic E-state index is 11.7. The zero-order chi connectivity index (χ0) is 12.3. The van der Waals surface area contributed by atoms with Crippen molar-refractivity contribution < 1.29 is 4.79 Å². The van der Waals surface area contributed by atoms with Gasteiger partial charge in [-0.25, -0.2) is 4.98 Å². The Morgan fingerprint density at radius 1 is 1.47 bits per heavy atom. The molecule has 1 amide bonds. The fourth-order valence-electron chi connectivity index (χ4n) is 1.23. The van der Waals surface area contributed by atoms with E-state index in [1.165, 1.54) is 18.5 Å². The molecule has 0 fully saturated rings. The van der Waals surface area contributed by atoms with E-state index in [-0.39, 0.29) is 23.5 Å². The molecule has 88 valence electrons. The molecular weight excluding hydrogens is 222 g/mol. The lowest BCUT2D eigenvalue weighted by molar-refractivity contribution is 0.0932. The molecule has 2 aromatic rings. The monoisotopic (exact) mass is 233 g/mol. The first-order valence-electron chi connectivity index (χ1n) is 4.92. The number of aromatic nitrogens is 5. The molecule has 2 aromatic heterocycles. The second kappa shape index (κ2) is 4.56. The van der Waals surface area contributed by atoms with E-state index in [2.05, 4.69) is 30.7 Å². The molecule has 2 rings (SSSR count). The molecular formula is C9H11N7O. The Morgan fingerprint density at radius 3 is 2.88 bits per heavy atom. The number of rotatable bonds is 3. The summed E-state index contributed by atoms with van der Waals surface area (Å²) in [6, 6.07) is 2.73. The van der Waals surface area contributed by atoms with Crippen molar-refractivity contribution in [3.63, 3.8) is 0 Å². The third-order valence-electron chi connectivity index (χ3n) is 2.11. The predicted octanol–water partition coefficient (Wildman–Crippen LogP) is -0.332. The lowest BCUT2D eigenvalue weighted by Crippen LogP contribution is -2.28. The minimum atomic E-state index is -0.346. The van der Waals surface area contributed by atoms with Crippen LogP contribution < -0.4 is 11.1 Å². The molecule has 1 atom stereocenters. The van der Waals surface area contributed by atoms with Gasteiger partial charge in [0.2, 0.25) is 0 Å². The molecule has 0 aliphatic carbocycles. The topological polar surface area (TPSA) is 122 Å². The number of nitrogens with two attached hydrogens (primary N) is 1. The zero-order valence-electron chi connectivity index (χ0n) is 9.08. The molecule has 0 aliphatic rings. The highest BCUT2D eigenvalue weighted by Gasteiger charge is 2.14. The highest BCUT2D eigenvalue weighted by molar-refractivity contribution is 5.92. The normalized spacial score (nSPS) is 12.1. The molecule has 0 spiro atoms. The summed E-state index contributed by atoms with van der Waals surface area (Å²) < 4.78 is 0. The van der Waals surface area contributed by atoms with Gasteiger partial charge in [-0.15, -0.1) is 10.2 Å². The average molecular weight is 233 g/mol. The number of aromatic amines is 1. The van der Waals surface area contributed by atoms with Gasteiger partial charge in [0.1, 0.15) is 18.0 Å². The van der Waals surface area contributed by atoms with Crippen LogP contribution >= 0.6 is 0 Å². The third kappa shape index (κ3) is 2.54. The smallest absolute Gasteiger partial charge is 0.272 e. The van der Waals surface area contributed by atoms with Gasteiger partial charge in [0.05, 0.1) is 6.04 Å². The maximum absolute atomic E-state index is 11.7. The molecule has 0 bridgehead atoms. The number of nitrogens with one attached hydrogen (secondary N) is 2. The van der Waals surface area contributed by atoms with Crippen LogP contribution in [0.1, 0.15) is 29.3 Å². The van der Waals surface area contributed by atoms with Gasteiger partial charge < -0.3 is 11.1 Å². The van der Waals surface area contributed by atoms with Crippen LogP contribution in [-0.4, -0.2) is 31.3 Å². The largest absolute Gasteiger partial charge is 0.382 e. The van der Waals surface area contributed by atoms with Crippen LogP contribution in [0.4, 0.5) is 5.82 Å². The Labute approximate surface area is 96.7 Å². The Bertz CT molecular complexity index is 493. The van der Waals surface area contributed by atoms with Gasteiger partial charge in [-0.05, 0) is 19.1 Å². The van der Waals surface area contributed by atoms with E-state index in [4.69, 9.17) is 5.73 Å². The molecule has 0 aliphatic heterocycles. The summed E-state index contributed by atoms with van der Waals surface area (Å²) in [6.45, 7) is 1.78. The first-order chi connectivity index (χ1) is 8.16. The summed E-state index contributed by atoms with van der Waals surface area (Å²) >= 11 is 0. The minimum absolute atomic E-state index is 0.200. The third-order valence-corrected chi connectivity index (χ3v) is 2.11. The summed E-state index contributed by atoms with van der Waals surface area (Å²) in [6.07, 6.45) is 1.38. The second-order valence-electron chi connectivity index (χ2n) is 3.41. The first kappa shape index (κ1) is 11.0. The van der Waals surface area contributed by atoms with Gasteiger partial charge >= 0.3 is 0 Å². The van der Waals surface area contributed by atoms with E-state index in [1.54, 1.807) is 6.92 Å². The predicted molar refractivity (Wildman–Crippen MR) is 58.7 cm³/mol. The van der Waals surface area contributed by atoms with Gasteiger partial charge in [0, 0.05) is 0 Å². The number of hydrogen-bond donors (Lipinski definition) is 3. The number of anilines is 1. The van der Waals surface area contributed by atoms with Gasteiger partial charge in [0.15, 0.2) is 5.69 Å². The van der Waals surface area contributed by atoms with E-state index >= 15 is 0 Å². The zero-order valence-corrected chi connectivity index (χ0v) is 9.08. The van der Waals surface area contributed by atoms with Crippen LogP contribution in [0.2, 0.25) is 0 Å². The Hall–Kier alpha value is -2.51. The van der Waals surface area contributed by atoms with Crippen molar-refractivity contribution in [1.29, 1.82) is 0 Å². The first-order valence-corrected chi connectivity index (χ1v) is 4.92. The molecule has 0 saturated carbocycles. The molecule has 2 heterocycles. The number of hydrogen-bond acceptors (Lipinski definition) is 6. The average Bonchev–Trinajstić information content (AvgIpc) is 2.83.